The van der Waals surface area contributed by atoms with Gasteiger partial charge < -0.3 is 21.1 Å². The van der Waals surface area contributed by atoms with E-state index < -0.39 is 5.97 Å². The summed E-state index contributed by atoms with van der Waals surface area (Å²) < 4.78 is 0. The number of carbonyl (C=O) groups is 3. The van der Waals surface area contributed by atoms with Crippen LogP contribution in [0, 0.1) is 5.92 Å². The van der Waals surface area contributed by atoms with Crippen LogP contribution in [0.25, 0.3) is 0 Å². The van der Waals surface area contributed by atoms with Gasteiger partial charge in [-0.15, -0.1) is 0 Å². The van der Waals surface area contributed by atoms with E-state index in [4.69, 9.17) is 5.11 Å². The number of nitrogens with one attached hydrogen (secondary N) is 3. The standard InChI is InChI=1S/C13H25N3O4/c1-3-6-14-11(17)5-7-15-13(20)16-9-10(4-2)8-12(18)19/h10H,3-9H2,1-2H3,(H,14,17)(H,18,19)(H2,15,16,20). The van der Waals surface area contributed by atoms with Crippen molar-refractivity contribution in [3.8, 4) is 0 Å². The van der Waals surface area contributed by atoms with E-state index >= 15 is 0 Å². The topological polar surface area (TPSA) is 108 Å². The van der Waals surface area contributed by atoms with Gasteiger partial charge in [0.1, 0.15) is 0 Å². The molecule has 0 rings (SSSR count). The Balaban J connectivity index is 3.72. The molecule has 0 radical (unpaired) electrons. The highest BCUT2D eigenvalue weighted by molar-refractivity contribution is 5.78. The summed E-state index contributed by atoms with van der Waals surface area (Å²) in [5.74, 6) is -1.04. The summed E-state index contributed by atoms with van der Waals surface area (Å²) in [5, 5.41) is 16.6. The first-order valence-electron chi connectivity index (χ1n) is 6.99. The largest absolute Gasteiger partial charge is 0.481 e. The number of urea groups is 1. The quantitative estimate of drug-likeness (QED) is 0.474. The molecule has 116 valence electrons. The zero-order chi connectivity index (χ0) is 15.4. The van der Waals surface area contributed by atoms with Crippen LogP contribution < -0.4 is 16.0 Å². The summed E-state index contributed by atoms with van der Waals surface area (Å²) in [6.45, 7) is 5.06. The predicted octanol–water partition coefficient (Wildman–Crippen LogP) is 0.703. The maximum absolute atomic E-state index is 11.4. The van der Waals surface area contributed by atoms with Gasteiger partial charge >= 0.3 is 12.0 Å². The van der Waals surface area contributed by atoms with Crippen molar-refractivity contribution >= 4 is 17.9 Å². The van der Waals surface area contributed by atoms with E-state index in [0.717, 1.165) is 6.42 Å². The number of amides is 3. The van der Waals surface area contributed by atoms with E-state index in [2.05, 4.69) is 16.0 Å². The van der Waals surface area contributed by atoms with Crippen LogP contribution in [0.1, 0.15) is 39.5 Å². The molecule has 1 unspecified atom stereocenters. The highest BCUT2D eigenvalue weighted by Gasteiger charge is 2.12. The van der Waals surface area contributed by atoms with Gasteiger partial charge in [0.15, 0.2) is 0 Å². The second kappa shape index (κ2) is 11.1. The number of hydrogen-bond donors (Lipinski definition) is 4. The number of hydrogen-bond acceptors (Lipinski definition) is 3. The fourth-order valence-corrected chi connectivity index (χ4v) is 1.55. The van der Waals surface area contributed by atoms with Crippen LogP contribution >= 0.6 is 0 Å². The minimum Gasteiger partial charge on any atom is -0.481 e. The van der Waals surface area contributed by atoms with Gasteiger partial charge in [-0.2, -0.15) is 0 Å². The summed E-state index contributed by atoms with van der Waals surface area (Å²) >= 11 is 0. The average molecular weight is 287 g/mol. The van der Waals surface area contributed by atoms with Gasteiger partial charge in [-0.05, 0) is 12.3 Å². The first-order chi connectivity index (χ1) is 9.49. The maximum atomic E-state index is 11.4. The second-order valence-corrected chi connectivity index (χ2v) is 4.61. The van der Waals surface area contributed by atoms with E-state index in [9.17, 15) is 14.4 Å². The number of carbonyl (C=O) groups excluding carboxylic acids is 2. The molecule has 4 N–H and O–H groups in total. The van der Waals surface area contributed by atoms with Crippen molar-refractivity contribution in [1.82, 2.24) is 16.0 Å². The van der Waals surface area contributed by atoms with Crippen LogP contribution in [0.2, 0.25) is 0 Å². The Labute approximate surface area is 119 Å². The van der Waals surface area contributed by atoms with Gasteiger partial charge in [0.25, 0.3) is 0 Å². The summed E-state index contributed by atoms with van der Waals surface area (Å²) in [5.41, 5.74) is 0. The average Bonchev–Trinajstić information content (AvgIpc) is 2.40. The molecule has 0 aliphatic carbocycles. The van der Waals surface area contributed by atoms with E-state index in [0.29, 0.717) is 19.5 Å². The van der Waals surface area contributed by atoms with Crippen LogP contribution in [0.15, 0.2) is 0 Å². The summed E-state index contributed by atoms with van der Waals surface area (Å²) in [6, 6.07) is -0.378. The normalized spacial score (nSPS) is 11.5. The minimum absolute atomic E-state index is 0.0379. The van der Waals surface area contributed by atoms with E-state index in [1.54, 1.807) is 0 Å². The fraction of sp³-hybridized carbons (Fsp3) is 0.769. The Hall–Kier alpha value is -1.79. The Kier molecular flexibility index (Phi) is 10.1. The van der Waals surface area contributed by atoms with Crippen molar-refractivity contribution in [2.24, 2.45) is 5.92 Å². The lowest BCUT2D eigenvalue weighted by atomic mass is 10.0. The smallest absolute Gasteiger partial charge is 0.314 e. The van der Waals surface area contributed by atoms with Crippen molar-refractivity contribution in [3.63, 3.8) is 0 Å². The highest BCUT2D eigenvalue weighted by atomic mass is 16.4. The van der Waals surface area contributed by atoms with Crippen LogP contribution in [0.3, 0.4) is 0 Å². The molecular formula is C13H25N3O4. The SMILES string of the molecule is CCCNC(=O)CCNC(=O)NCC(CC)CC(=O)O. The first-order valence-corrected chi connectivity index (χ1v) is 6.99. The monoisotopic (exact) mass is 287 g/mol. The van der Waals surface area contributed by atoms with Gasteiger partial charge in [-0.1, -0.05) is 20.3 Å². The Morgan fingerprint density at radius 1 is 1.05 bits per heavy atom. The molecule has 0 heterocycles. The van der Waals surface area contributed by atoms with Gasteiger partial charge in [0.05, 0.1) is 0 Å². The van der Waals surface area contributed by atoms with Gasteiger partial charge in [0.2, 0.25) is 5.91 Å². The summed E-state index contributed by atoms with van der Waals surface area (Å²) in [6.07, 6.45) is 1.84. The third-order valence-electron chi connectivity index (χ3n) is 2.80. The molecule has 3 amide bonds. The van der Waals surface area contributed by atoms with Crippen molar-refractivity contribution in [2.45, 2.75) is 39.5 Å². The molecule has 0 saturated heterocycles. The summed E-state index contributed by atoms with van der Waals surface area (Å²) in [4.78, 5) is 33.3. The fourth-order valence-electron chi connectivity index (χ4n) is 1.55. The lowest BCUT2D eigenvalue weighted by Crippen LogP contribution is -2.40. The number of carboxylic acids is 1. The highest BCUT2D eigenvalue weighted by Crippen LogP contribution is 2.06. The van der Waals surface area contributed by atoms with E-state index in [1.807, 2.05) is 13.8 Å². The zero-order valence-corrected chi connectivity index (χ0v) is 12.2. The zero-order valence-electron chi connectivity index (χ0n) is 12.2. The molecular weight excluding hydrogens is 262 g/mol. The van der Waals surface area contributed by atoms with Crippen molar-refractivity contribution in [1.29, 1.82) is 0 Å². The molecule has 0 aliphatic rings. The van der Waals surface area contributed by atoms with Crippen molar-refractivity contribution in [3.05, 3.63) is 0 Å². The van der Waals surface area contributed by atoms with Crippen LogP contribution in [-0.4, -0.2) is 42.6 Å². The number of carboxylic acid groups (broad SMARTS) is 1. The van der Waals surface area contributed by atoms with Gasteiger partial charge in [-0.25, -0.2) is 4.79 Å². The maximum Gasteiger partial charge on any atom is 0.314 e. The molecule has 7 heteroatoms. The molecule has 0 aromatic carbocycles. The molecule has 0 aliphatic heterocycles. The number of aliphatic carboxylic acids is 1. The third kappa shape index (κ3) is 10.2. The lowest BCUT2D eigenvalue weighted by Gasteiger charge is -2.14. The molecule has 0 bridgehead atoms. The Bertz CT molecular complexity index is 321. The molecule has 0 fully saturated rings. The lowest BCUT2D eigenvalue weighted by molar-refractivity contribution is -0.138. The van der Waals surface area contributed by atoms with Crippen molar-refractivity contribution < 1.29 is 19.5 Å². The first kappa shape index (κ1) is 18.2. The predicted molar refractivity (Wildman–Crippen MR) is 75.4 cm³/mol. The van der Waals surface area contributed by atoms with E-state index in [-0.39, 0.29) is 37.2 Å². The third-order valence-corrected chi connectivity index (χ3v) is 2.80. The van der Waals surface area contributed by atoms with Gasteiger partial charge in [-0.3, -0.25) is 9.59 Å². The molecule has 0 saturated carbocycles. The molecule has 0 aromatic rings. The molecule has 20 heavy (non-hydrogen) atoms. The van der Waals surface area contributed by atoms with Crippen LogP contribution in [0.4, 0.5) is 4.79 Å². The Morgan fingerprint density at radius 3 is 2.30 bits per heavy atom. The summed E-state index contributed by atoms with van der Waals surface area (Å²) in [7, 11) is 0. The molecule has 0 spiro atoms. The second-order valence-electron chi connectivity index (χ2n) is 4.61. The minimum atomic E-state index is -0.869. The van der Waals surface area contributed by atoms with Crippen LogP contribution in [0.5, 0.6) is 0 Å². The van der Waals surface area contributed by atoms with E-state index in [1.165, 1.54) is 0 Å². The molecule has 0 aromatic heterocycles. The molecule has 1 atom stereocenters. The molecule has 7 nitrogen and oxygen atoms in total. The van der Waals surface area contributed by atoms with Crippen molar-refractivity contribution in [2.75, 3.05) is 19.6 Å². The van der Waals surface area contributed by atoms with Gasteiger partial charge in [0, 0.05) is 32.5 Å². The van der Waals surface area contributed by atoms with Crippen LogP contribution in [-0.2, 0) is 9.59 Å². The number of rotatable bonds is 10. The Morgan fingerprint density at radius 2 is 1.75 bits per heavy atom.